The van der Waals surface area contributed by atoms with E-state index in [0.717, 1.165) is 51.7 Å². The average Bonchev–Trinajstić information content (AvgIpc) is 3.55. The number of carboxylic acid groups (broad SMARTS) is 1. The molecule has 0 aliphatic heterocycles. The summed E-state index contributed by atoms with van der Waals surface area (Å²) < 4.78 is 7.74. The molecule has 0 amide bonds. The van der Waals surface area contributed by atoms with Crippen molar-refractivity contribution < 1.29 is 14.6 Å². The standard InChI is InChI=1S/C29H21Cl2N3O3S/c1-2-34-16-25(23-13-10-21(30)15-24(23)31)32-27(34)14-5-18-3-6-19(7-4-18)20-8-11-22(12-9-20)37-29-33-26(17-38-29)28(35)36/h3-17H,2H2,1H3,(H,35,36)/b14-5+. The molecule has 0 spiro atoms. The van der Waals surface area contributed by atoms with E-state index in [9.17, 15) is 4.79 Å². The Morgan fingerprint density at radius 2 is 1.71 bits per heavy atom. The molecule has 0 radical (unpaired) electrons. The second kappa shape index (κ2) is 11.2. The molecule has 0 saturated heterocycles. The molecule has 0 saturated carbocycles. The summed E-state index contributed by atoms with van der Waals surface area (Å²) in [6.45, 7) is 2.85. The van der Waals surface area contributed by atoms with Gasteiger partial charge in [-0.25, -0.2) is 9.78 Å². The van der Waals surface area contributed by atoms with E-state index >= 15 is 0 Å². The van der Waals surface area contributed by atoms with Crippen LogP contribution in [0.15, 0.2) is 78.3 Å². The lowest BCUT2D eigenvalue weighted by Gasteiger charge is -2.05. The first kappa shape index (κ1) is 25.7. The van der Waals surface area contributed by atoms with Crippen molar-refractivity contribution >= 4 is 52.7 Å². The molecule has 190 valence electrons. The Labute approximate surface area is 233 Å². The molecule has 0 aliphatic carbocycles. The van der Waals surface area contributed by atoms with Gasteiger partial charge >= 0.3 is 5.97 Å². The molecular weight excluding hydrogens is 541 g/mol. The first-order valence-corrected chi connectivity index (χ1v) is 13.3. The molecule has 38 heavy (non-hydrogen) atoms. The number of hydrogen-bond acceptors (Lipinski definition) is 5. The van der Waals surface area contributed by atoms with Gasteiger partial charge in [-0.1, -0.05) is 77.0 Å². The van der Waals surface area contributed by atoms with Crippen molar-refractivity contribution in [1.82, 2.24) is 14.5 Å². The van der Waals surface area contributed by atoms with E-state index in [1.54, 1.807) is 6.07 Å². The highest BCUT2D eigenvalue weighted by molar-refractivity contribution is 7.11. The Hall–Kier alpha value is -3.91. The molecule has 6 nitrogen and oxygen atoms in total. The van der Waals surface area contributed by atoms with Crippen LogP contribution in [0.3, 0.4) is 0 Å². The van der Waals surface area contributed by atoms with Crippen molar-refractivity contribution in [3.8, 4) is 33.3 Å². The summed E-state index contributed by atoms with van der Waals surface area (Å²) in [5, 5.41) is 11.9. The van der Waals surface area contributed by atoms with Crippen molar-refractivity contribution in [2.75, 3.05) is 0 Å². The van der Waals surface area contributed by atoms with Gasteiger partial charge in [0.2, 0.25) is 0 Å². The molecule has 2 heterocycles. The van der Waals surface area contributed by atoms with Crippen LogP contribution in [-0.2, 0) is 6.54 Å². The maximum Gasteiger partial charge on any atom is 0.355 e. The first-order valence-electron chi connectivity index (χ1n) is 11.7. The van der Waals surface area contributed by atoms with E-state index in [-0.39, 0.29) is 5.69 Å². The lowest BCUT2D eigenvalue weighted by atomic mass is 10.0. The highest BCUT2D eigenvalue weighted by Crippen LogP contribution is 2.31. The van der Waals surface area contributed by atoms with Gasteiger partial charge in [0.05, 0.1) is 10.7 Å². The second-order valence-electron chi connectivity index (χ2n) is 8.28. The molecule has 9 heteroatoms. The summed E-state index contributed by atoms with van der Waals surface area (Å²) in [6.07, 6.45) is 6.01. The number of aromatic carboxylic acids is 1. The van der Waals surface area contributed by atoms with E-state index in [0.29, 0.717) is 21.0 Å². The van der Waals surface area contributed by atoms with E-state index in [1.807, 2.05) is 54.7 Å². The molecule has 0 fully saturated rings. The SMILES string of the molecule is CCn1cc(-c2ccc(Cl)cc2Cl)nc1/C=C/c1ccc(-c2ccc(Oc3nc(C(=O)O)cs3)cc2)cc1. The van der Waals surface area contributed by atoms with Crippen LogP contribution in [0.25, 0.3) is 34.5 Å². The zero-order chi connectivity index (χ0) is 26.6. The third-order valence-corrected chi connectivity index (χ3v) is 7.05. The summed E-state index contributed by atoms with van der Waals surface area (Å²) >= 11 is 13.6. The number of ether oxygens (including phenoxy) is 1. The van der Waals surface area contributed by atoms with Crippen LogP contribution in [0.1, 0.15) is 28.8 Å². The molecule has 5 aromatic rings. The van der Waals surface area contributed by atoms with Gasteiger partial charge in [-0.2, -0.15) is 4.98 Å². The minimum atomic E-state index is -1.08. The van der Waals surface area contributed by atoms with Gasteiger partial charge in [0.15, 0.2) is 5.69 Å². The molecule has 0 unspecified atom stereocenters. The van der Waals surface area contributed by atoms with Crippen LogP contribution in [0.4, 0.5) is 0 Å². The number of imidazole rings is 1. The Kier molecular flexibility index (Phi) is 7.60. The van der Waals surface area contributed by atoms with Crippen molar-refractivity contribution in [3.05, 3.63) is 105 Å². The smallest absolute Gasteiger partial charge is 0.355 e. The third kappa shape index (κ3) is 5.81. The third-order valence-electron chi connectivity index (χ3n) is 5.79. The van der Waals surface area contributed by atoms with Gasteiger partial charge in [0.25, 0.3) is 5.19 Å². The van der Waals surface area contributed by atoms with Crippen LogP contribution >= 0.6 is 34.5 Å². The van der Waals surface area contributed by atoms with Gasteiger partial charge < -0.3 is 14.4 Å². The van der Waals surface area contributed by atoms with Crippen LogP contribution in [0.5, 0.6) is 10.9 Å². The molecule has 3 aromatic carbocycles. The van der Waals surface area contributed by atoms with Crippen LogP contribution in [0.2, 0.25) is 10.0 Å². The lowest BCUT2D eigenvalue weighted by Crippen LogP contribution is -1.95. The molecule has 2 aromatic heterocycles. The number of aromatic nitrogens is 3. The normalized spacial score (nSPS) is 11.2. The van der Waals surface area contributed by atoms with Gasteiger partial charge in [0, 0.05) is 28.7 Å². The predicted octanol–water partition coefficient (Wildman–Crippen LogP) is 8.66. The fraction of sp³-hybridized carbons (Fsp3) is 0.0690. The van der Waals surface area contributed by atoms with Crippen molar-refractivity contribution in [2.45, 2.75) is 13.5 Å². The molecule has 0 atom stereocenters. The Bertz CT molecular complexity index is 1620. The van der Waals surface area contributed by atoms with Crippen molar-refractivity contribution in [2.24, 2.45) is 0 Å². The number of nitrogens with zero attached hydrogens (tertiary/aromatic N) is 3. The van der Waals surface area contributed by atoms with Gasteiger partial charge in [0.1, 0.15) is 11.6 Å². The summed E-state index contributed by atoms with van der Waals surface area (Å²) in [4.78, 5) is 19.7. The van der Waals surface area contributed by atoms with E-state index in [2.05, 4.69) is 40.7 Å². The number of halogens is 2. The van der Waals surface area contributed by atoms with Crippen LogP contribution < -0.4 is 4.74 Å². The molecular formula is C29H21Cl2N3O3S. The largest absolute Gasteiger partial charge is 0.476 e. The fourth-order valence-electron chi connectivity index (χ4n) is 3.82. The maximum atomic E-state index is 11.0. The van der Waals surface area contributed by atoms with E-state index < -0.39 is 5.97 Å². The zero-order valence-corrected chi connectivity index (χ0v) is 22.5. The van der Waals surface area contributed by atoms with Gasteiger partial charge in [-0.05, 0) is 60.0 Å². The summed E-state index contributed by atoms with van der Waals surface area (Å²) in [5.41, 5.74) is 4.75. The Morgan fingerprint density at radius 3 is 2.34 bits per heavy atom. The second-order valence-corrected chi connectivity index (χ2v) is 9.94. The minimum Gasteiger partial charge on any atom is -0.476 e. The quantitative estimate of drug-likeness (QED) is 0.205. The summed E-state index contributed by atoms with van der Waals surface area (Å²) in [7, 11) is 0. The molecule has 5 rings (SSSR count). The molecule has 1 N–H and O–H groups in total. The molecule has 0 aliphatic rings. The summed E-state index contributed by atoms with van der Waals surface area (Å²) in [6, 6.07) is 21.2. The Balaban J connectivity index is 1.28. The monoisotopic (exact) mass is 561 g/mol. The number of rotatable bonds is 8. The summed E-state index contributed by atoms with van der Waals surface area (Å²) in [5.74, 6) is 0.349. The number of aryl methyl sites for hydroxylation is 1. The molecule has 0 bridgehead atoms. The topological polar surface area (TPSA) is 77.2 Å². The highest BCUT2D eigenvalue weighted by Gasteiger charge is 2.12. The fourth-order valence-corrected chi connectivity index (χ4v) is 4.99. The first-order chi connectivity index (χ1) is 18.4. The van der Waals surface area contributed by atoms with Crippen LogP contribution in [0, 0.1) is 0 Å². The van der Waals surface area contributed by atoms with Gasteiger partial charge in [-0.3, -0.25) is 0 Å². The van der Waals surface area contributed by atoms with Crippen molar-refractivity contribution in [3.63, 3.8) is 0 Å². The lowest BCUT2D eigenvalue weighted by molar-refractivity contribution is 0.0690. The highest BCUT2D eigenvalue weighted by atomic mass is 35.5. The predicted molar refractivity (Wildman–Crippen MR) is 153 cm³/mol. The average molecular weight is 562 g/mol. The maximum absolute atomic E-state index is 11.0. The Morgan fingerprint density at radius 1 is 1.00 bits per heavy atom. The number of thiazole rings is 1. The minimum absolute atomic E-state index is 0.0270. The van der Waals surface area contributed by atoms with E-state index in [1.165, 1.54) is 5.38 Å². The van der Waals surface area contributed by atoms with Crippen LogP contribution in [-0.4, -0.2) is 25.6 Å². The number of carboxylic acids is 1. The van der Waals surface area contributed by atoms with Gasteiger partial charge in [-0.15, -0.1) is 0 Å². The van der Waals surface area contributed by atoms with E-state index in [4.69, 9.17) is 38.0 Å². The number of carbonyl (C=O) groups is 1. The zero-order valence-electron chi connectivity index (χ0n) is 20.1. The number of benzene rings is 3. The number of hydrogen-bond donors (Lipinski definition) is 1. The van der Waals surface area contributed by atoms with Crippen molar-refractivity contribution in [1.29, 1.82) is 0 Å².